The number of hydrogen-bond acceptors (Lipinski definition) is 2. The highest BCUT2D eigenvalue weighted by Crippen LogP contribution is 2.18. The minimum Gasteiger partial charge on any atom is -0.207 e. The van der Waals surface area contributed by atoms with Gasteiger partial charge in [0.25, 0.3) is 0 Å². The molecule has 3 nitrogen and oxygen atoms in total. The van der Waals surface area contributed by atoms with Crippen LogP contribution < -0.4 is 0 Å². The van der Waals surface area contributed by atoms with Crippen molar-refractivity contribution in [3.63, 3.8) is 0 Å². The molecule has 0 aliphatic heterocycles. The summed E-state index contributed by atoms with van der Waals surface area (Å²) in [5.74, 6) is -2.23. The molecule has 0 bridgehead atoms. The van der Waals surface area contributed by atoms with Crippen LogP contribution in [0.3, 0.4) is 0 Å². The van der Waals surface area contributed by atoms with Crippen LogP contribution in [-0.2, 0) is 10.0 Å². The Balaban J connectivity index is 3.15. The summed E-state index contributed by atoms with van der Waals surface area (Å²) in [5.41, 5.74) is 0. The second-order valence-corrected chi connectivity index (χ2v) is 5.99. The van der Waals surface area contributed by atoms with E-state index in [0.717, 1.165) is 12.1 Å². The van der Waals surface area contributed by atoms with Crippen LogP contribution in [0.15, 0.2) is 23.1 Å². The van der Waals surface area contributed by atoms with Crippen molar-refractivity contribution in [2.75, 3.05) is 18.4 Å². The summed E-state index contributed by atoms with van der Waals surface area (Å²) in [7, 11) is -3.76. The second kappa shape index (κ2) is 5.88. The van der Waals surface area contributed by atoms with Gasteiger partial charge in [0.05, 0.1) is 4.90 Å². The first-order valence-corrected chi connectivity index (χ1v) is 7.50. The zero-order chi connectivity index (χ0) is 13.1. The maximum atomic E-state index is 13.0. The third-order valence-electron chi connectivity index (χ3n) is 2.22. The summed E-state index contributed by atoms with van der Waals surface area (Å²) < 4.78 is 51.0. The number of sulfonamides is 1. The normalized spacial score (nSPS) is 12.1. The molecule has 0 fully saturated rings. The number of rotatable bonds is 5. The molecule has 0 spiro atoms. The third kappa shape index (κ3) is 3.23. The van der Waals surface area contributed by atoms with Gasteiger partial charge in [0.15, 0.2) is 11.6 Å². The minimum atomic E-state index is -3.76. The van der Waals surface area contributed by atoms with Crippen LogP contribution in [0.2, 0.25) is 0 Å². The summed E-state index contributed by atoms with van der Waals surface area (Å²) in [5, 5.41) is 0.476. The molecule has 96 valence electrons. The Bertz CT molecular complexity index is 493. The van der Waals surface area contributed by atoms with Gasteiger partial charge in [0.1, 0.15) is 0 Å². The van der Waals surface area contributed by atoms with E-state index in [4.69, 9.17) is 0 Å². The Morgan fingerprint density at radius 3 is 2.41 bits per heavy atom. The van der Waals surface area contributed by atoms with Crippen molar-refractivity contribution in [1.29, 1.82) is 0 Å². The average Bonchev–Trinajstić information content (AvgIpc) is 2.29. The summed E-state index contributed by atoms with van der Waals surface area (Å²) >= 11 is 3.14. The Morgan fingerprint density at radius 2 is 1.94 bits per heavy atom. The summed E-state index contributed by atoms with van der Waals surface area (Å²) in [4.78, 5) is -0.237. The fourth-order valence-corrected chi connectivity index (χ4v) is 3.45. The molecular formula is C10H12BrF2NO2S. The van der Waals surface area contributed by atoms with Gasteiger partial charge in [-0.2, -0.15) is 4.31 Å². The van der Waals surface area contributed by atoms with Crippen molar-refractivity contribution >= 4 is 26.0 Å². The molecule has 0 saturated carbocycles. The van der Waals surface area contributed by atoms with Crippen molar-refractivity contribution in [2.24, 2.45) is 0 Å². The Labute approximate surface area is 108 Å². The third-order valence-corrected chi connectivity index (χ3v) is 4.54. The van der Waals surface area contributed by atoms with Crippen LogP contribution in [-0.4, -0.2) is 31.1 Å². The van der Waals surface area contributed by atoms with E-state index in [0.29, 0.717) is 11.4 Å². The van der Waals surface area contributed by atoms with Gasteiger partial charge in [0, 0.05) is 18.4 Å². The maximum absolute atomic E-state index is 13.0. The van der Waals surface area contributed by atoms with Crippen LogP contribution in [0.1, 0.15) is 6.92 Å². The minimum absolute atomic E-state index is 0.237. The predicted molar refractivity (Wildman–Crippen MR) is 64.6 cm³/mol. The fraction of sp³-hybridized carbons (Fsp3) is 0.400. The molecule has 0 saturated heterocycles. The summed E-state index contributed by atoms with van der Waals surface area (Å²) in [6, 6.07) is 2.57. The molecule has 0 unspecified atom stereocenters. The first-order valence-electron chi connectivity index (χ1n) is 4.94. The summed E-state index contributed by atoms with van der Waals surface area (Å²) in [6.45, 7) is 2.23. The second-order valence-electron chi connectivity index (χ2n) is 3.26. The van der Waals surface area contributed by atoms with E-state index in [-0.39, 0.29) is 18.0 Å². The van der Waals surface area contributed by atoms with E-state index in [1.54, 1.807) is 6.92 Å². The lowest BCUT2D eigenvalue weighted by Crippen LogP contribution is -2.32. The van der Waals surface area contributed by atoms with E-state index in [1.165, 1.54) is 4.31 Å². The Hall–Kier alpha value is -0.530. The van der Waals surface area contributed by atoms with Crippen LogP contribution in [0, 0.1) is 11.6 Å². The van der Waals surface area contributed by atoms with Crippen molar-refractivity contribution in [2.45, 2.75) is 11.8 Å². The van der Waals surface area contributed by atoms with Crippen LogP contribution in [0.25, 0.3) is 0 Å². The monoisotopic (exact) mass is 327 g/mol. The van der Waals surface area contributed by atoms with Crippen LogP contribution in [0.5, 0.6) is 0 Å². The molecule has 0 aromatic heterocycles. The van der Waals surface area contributed by atoms with Crippen molar-refractivity contribution in [3.05, 3.63) is 29.8 Å². The lowest BCUT2D eigenvalue weighted by molar-refractivity contribution is 0.446. The van der Waals surface area contributed by atoms with E-state index >= 15 is 0 Å². The number of halogens is 3. The number of alkyl halides is 1. The molecule has 17 heavy (non-hydrogen) atoms. The molecule has 0 N–H and O–H groups in total. The van der Waals surface area contributed by atoms with Crippen LogP contribution >= 0.6 is 15.9 Å². The molecule has 0 amide bonds. The first-order chi connectivity index (χ1) is 7.93. The topological polar surface area (TPSA) is 37.4 Å². The van der Waals surface area contributed by atoms with E-state index < -0.39 is 21.7 Å². The molecule has 0 aliphatic rings. The van der Waals surface area contributed by atoms with Crippen molar-refractivity contribution in [3.8, 4) is 0 Å². The Kier molecular flexibility index (Phi) is 5.03. The zero-order valence-corrected chi connectivity index (χ0v) is 11.6. The molecule has 7 heteroatoms. The highest BCUT2D eigenvalue weighted by Gasteiger charge is 2.23. The van der Waals surface area contributed by atoms with Gasteiger partial charge < -0.3 is 0 Å². The van der Waals surface area contributed by atoms with Crippen LogP contribution in [0.4, 0.5) is 8.78 Å². The standard InChI is InChI=1S/C10H12BrF2NO2S/c1-2-14(6-5-11)17(15,16)8-3-4-9(12)10(13)7-8/h3-4,7H,2,5-6H2,1H3. The quantitative estimate of drug-likeness (QED) is 0.778. The van der Waals surface area contributed by atoms with Gasteiger partial charge in [-0.15, -0.1) is 0 Å². The predicted octanol–water partition coefficient (Wildman–Crippen LogP) is 2.37. The highest BCUT2D eigenvalue weighted by molar-refractivity contribution is 9.09. The lowest BCUT2D eigenvalue weighted by Gasteiger charge is -2.19. The van der Waals surface area contributed by atoms with E-state index in [2.05, 4.69) is 15.9 Å². The number of hydrogen-bond donors (Lipinski definition) is 0. The molecule has 1 rings (SSSR count). The van der Waals surface area contributed by atoms with Gasteiger partial charge >= 0.3 is 0 Å². The van der Waals surface area contributed by atoms with Gasteiger partial charge in [-0.05, 0) is 18.2 Å². The molecule has 1 aromatic carbocycles. The Morgan fingerprint density at radius 1 is 1.29 bits per heavy atom. The van der Waals surface area contributed by atoms with Gasteiger partial charge in [-0.25, -0.2) is 17.2 Å². The molecule has 0 atom stereocenters. The molecule has 0 radical (unpaired) electrons. The number of benzene rings is 1. The molecule has 0 aliphatic carbocycles. The zero-order valence-electron chi connectivity index (χ0n) is 9.16. The van der Waals surface area contributed by atoms with E-state index in [9.17, 15) is 17.2 Å². The lowest BCUT2D eigenvalue weighted by atomic mass is 10.3. The summed E-state index contributed by atoms with van der Waals surface area (Å²) in [6.07, 6.45) is 0. The molecule has 1 aromatic rings. The number of nitrogens with zero attached hydrogens (tertiary/aromatic N) is 1. The van der Waals surface area contributed by atoms with Gasteiger partial charge in [0.2, 0.25) is 10.0 Å². The fourth-order valence-electron chi connectivity index (χ4n) is 1.33. The smallest absolute Gasteiger partial charge is 0.207 e. The van der Waals surface area contributed by atoms with E-state index in [1.807, 2.05) is 0 Å². The maximum Gasteiger partial charge on any atom is 0.243 e. The van der Waals surface area contributed by atoms with Crippen molar-refractivity contribution < 1.29 is 17.2 Å². The van der Waals surface area contributed by atoms with Gasteiger partial charge in [-0.1, -0.05) is 22.9 Å². The highest BCUT2D eigenvalue weighted by atomic mass is 79.9. The average molecular weight is 328 g/mol. The van der Waals surface area contributed by atoms with Crippen molar-refractivity contribution in [1.82, 2.24) is 4.31 Å². The molecular weight excluding hydrogens is 316 g/mol. The first kappa shape index (κ1) is 14.5. The van der Waals surface area contributed by atoms with Gasteiger partial charge in [-0.3, -0.25) is 0 Å². The molecule has 0 heterocycles. The largest absolute Gasteiger partial charge is 0.243 e. The SMILES string of the molecule is CCN(CCBr)S(=O)(=O)c1ccc(F)c(F)c1.